The SMILES string of the molecule is CCCn1c(=O)c2cc(C)ccc2n2c(SCc3cccc(F)c3)nnc12. The third-order valence-corrected chi connectivity index (χ3v) is 5.43. The van der Waals surface area contributed by atoms with Gasteiger partial charge in [0.15, 0.2) is 5.16 Å². The smallest absolute Gasteiger partial charge is 0.262 e. The average molecular weight is 382 g/mol. The summed E-state index contributed by atoms with van der Waals surface area (Å²) < 4.78 is 17.0. The minimum absolute atomic E-state index is 0.0443. The van der Waals surface area contributed by atoms with Gasteiger partial charge in [0, 0.05) is 12.3 Å². The van der Waals surface area contributed by atoms with Gasteiger partial charge in [-0.05, 0) is 43.2 Å². The second-order valence-corrected chi connectivity index (χ2v) is 7.46. The predicted octanol–water partition coefficient (Wildman–Crippen LogP) is 4.19. The lowest BCUT2D eigenvalue weighted by Gasteiger charge is -2.11. The number of aryl methyl sites for hydroxylation is 2. The lowest BCUT2D eigenvalue weighted by molar-refractivity contribution is 0.626. The molecule has 7 heteroatoms. The van der Waals surface area contributed by atoms with E-state index in [0.717, 1.165) is 23.1 Å². The molecule has 5 nitrogen and oxygen atoms in total. The molecule has 0 saturated carbocycles. The molecule has 0 aliphatic heterocycles. The maximum atomic E-state index is 13.4. The van der Waals surface area contributed by atoms with Crippen LogP contribution in [-0.2, 0) is 12.3 Å². The van der Waals surface area contributed by atoms with E-state index in [1.54, 1.807) is 10.6 Å². The topological polar surface area (TPSA) is 52.2 Å². The molecule has 0 aliphatic rings. The lowest BCUT2D eigenvalue weighted by atomic mass is 10.1. The van der Waals surface area contributed by atoms with Crippen LogP contribution < -0.4 is 5.56 Å². The Morgan fingerprint density at radius 2 is 2.00 bits per heavy atom. The number of hydrogen-bond donors (Lipinski definition) is 0. The van der Waals surface area contributed by atoms with Gasteiger partial charge in [-0.2, -0.15) is 0 Å². The van der Waals surface area contributed by atoms with Crippen LogP contribution in [0.15, 0.2) is 52.4 Å². The highest BCUT2D eigenvalue weighted by Crippen LogP contribution is 2.25. The van der Waals surface area contributed by atoms with E-state index in [1.807, 2.05) is 42.5 Å². The van der Waals surface area contributed by atoms with Gasteiger partial charge in [-0.15, -0.1) is 10.2 Å². The Hall–Kier alpha value is -2.67. The minimum Gasteiger partial charge on any atom is -0.276 e. The number of fused-ring (bicyclic) bond motifs is 3. The Balaban J connectivity index is 1.87. The summed E-state index contributed by atoms with van der Waals surface area (Å²) in [5, 5.41) is 9.94. The minimum atomic E-state index is -0.253. The van der Waals surface area contributed by atoms with Gasteiger partial charge in [0.2, 0.25) is 5.78 Å². The fourth-order valence-corrected chi connectivity index (χ4v) is 4.08. The molecule has 4 rings (SSSR count). The van der Waals surface area contributed by atoms with Crippen molar-refractivity contribution in [1.82, 2.24) is 19.2 Å². The summed E-state index contributed by atoms with van der Waals surface area (Å²) in [7, 11) is 0. The first-order chi connectivity index (χ1) is 13.1. The van der Waals surface area contributed by atoms with Crippen molar-refractivity contribution in [2.24, 2.45) is 0 Å². The Morgan fingerprint density at radius 1 is 1.15 bits per heavy atom. The highest BCUT2D eigenvalue weighted by molar-refractivity contribution is 7.98. The number of nitrogens with zero attached hydrogens (tertiary/aromatic N) is 4. The Morgan fingerprint density at radius 3 is 2.78 bits per heavy atom. The van der Waals surface area contributed by atoms with Crippen LogP contribution in [0, 0.1) is 12.7 Å². The summed E-state index contributed by atoms with van der Waals surface area (Å²) in [5.74, 6) is 0.857. The van der Waals surface area contributed by atoms with Gasteiger partial charge in [-0.25, -0.2) is 4.39 Å². The van der Waals surface area contributed by atoms with Crippen molar-refractivity contribution in [2.75, 3.05) is 0 Å². The zero-order chi connectivity index (χ0) is 19.0. The summed E-state index contributed by atoms with van der Waals surface area (Å²) in [4.78, 5) is 12.9. The maximum absolute atomic E-state index is 13.4. The van der Waals surface area contributed by atoms with Gasteiger partial charge in [-0.3, -0.25) is 13.8 Å². The number of aromatic nitrogens is 4. The number of hydrogen-bond acceptors (Lipinski definition) is 4. The molecule has 2 aromatic carbocycles. The third-order valence-electron chi connectivity index (χ3n) is 4.43. The van der Waals surface area contributed by atoms with Gasteiger partial charge in [0.05, 0.1) is 10.9 Å². The van der Waals surface area contributed by atoms with E-state index in [9.17, 15) is 9.18 Å². The van der Waals surface area contributed by atoms with Crippen LogP contribution in [0.4, 0.5) is 4.39 Å². The second-order valence-electron chi connectivity index (χ2n) is 6.51. The van der Waals surface area contributed by atoms with E-state index >= 15 is 0 Å². The number of halogens is 1. The molecule has 27 heavy (non-hydrogen) atoms. The van der Waals surface area contributed by atoms with Crippen LogP contribution in [-0.4, -0.2) is 19.2 Å². The molecule has 4 aromatic rings. The molecule has 0 fully saturated rings. The summed E-state index contributed by atoms with van der Waals surface area (Å²) in [6.45, 7) is 4.58. The van der Waals surface area contributed by atoms with E-state index in [4.69, 9.17) is 0 Å². The molecule has 0 bridgehead atoms. The van der Waals surface area contributed by atoms with Crippen molar-refractivity contribution in [2.45, 2.75) is 37.7 Å². The van der Waals surface area contributed by atoms with E-state index in [0.29, 0.717) is 28.6 Å². The van der Waals surface area contributed by atoms with Crippen molar-refractivity contribution in [3.8, 4) is 0 Å². The van der Waals surface area contributed by atoms with Crippen molar-refractivity contribution >= 4 is 28.4 Å². The van der Waals surface area contributed by atoms with Crippen molar-refractivity contribution in [3.63, 3.8) is 0 Å². The van der Waals surface area contributed by atoms with Crippen molar-refractivity contribution in [1.29, 1.82) is 0 Å². The highest BCUT2D eigenvalue weighted by atomic mass is 32.2. The normalized spacial score (nSPS) is 11.5. The monoisotopic (exact) mass is 382 g/mol. The van der Waals surface area contributed by atoms with Gasteiger partial charge < -0.3 is 0 Å². The highest BCUT2D eigenvalue weighted by Gasteiger charge is 2.16. The fourth-order valence-electron chi connectivity index (χ4n) is 3.19. The van der Waals surface area contributed by atoms with Crippen LogP contribution in [0.25, 0.3) is 16.7 Å². The van der Waals surface area contributed by atoms with Crippen molar-refractivity contribution in [3.05, 3.63) is 69.8 Å². The molecule has 2 aromatic heterocycles. The van der Waals surface area contributed by atoms with Gasteiger partial charge in [-0.1, -0.05) is 42.4 Å². The van der Waals surface area contributed by atoms with Crippen LogP contribution in [0.5, 0.6) is 0 Å². The Bertz CT molecular complexity index is 1200. The second kappa shape index (κ2) is 7.15. The molecular formula is C20H19FN4OS. The maximum Gasteiger partial charge on any atom is 0.262 e. The van der Waals surface area contributed by atoms with Crippen LogP contribution in [0.3, 0.4) is 0 Å². The fraction of sp³-hybridized carbons (Fsp3) is 0.250. The van der Waals surface area contributed by atoms with E-state index in [2.05, 4.69) is 10.2 Å². The largest absolute Gasteiger partial charge is 0.276 e. The zero-order valence-electron chi connectivity index (χ0n) is 15.1. The summed E-state index contributed by atoms with van der Waals surface area (Å²) in [5.41, 5.74) is 2.65. The van der Waals surface area contributed by atoms with Gasteiger partial charge >= 0.3 is 0 Å². The van der Waals surface area contributed by atoms with Crippen LogP contribution >= 0.6 is 11.8 Å². The molecular weight excluding hydrogens is 363 g/mol. The van der Waals surface area contributed by atoms with Gasteiger partial charge in [0.25, 0.3) is 5.56 Å². The van der Waals surface area contributed by atoms with Gasteiger partial charge in [0.1, 0.15) is 5.82 Å². The molecule has 0 amide bonds. The summed E-state index contributed by atoms with van der Waals surface area (Å²) in [6.07, 6.45) is 0.825. The first-order valence-corrected chi connectivity index (χ1v) is 9.82. The standard InChI is InChI=1S/C20H19FN4OS/c1-3-9-24-18(26)16-10-13(2)7-8-17(16)25-19(24)22-23-20(25)27-12-14-5-4-6-15(21)11-14/h4-8,10-11H,3,9,12H2,1-2H3. The molecule has 2 heterocycles. The summed E-state index contributed by atoms with van der Waals surface area (Å²) in [6, 6.07) is 12.4. The average Bonchev–Trinajstić information content (AvgIpc) is 3.07. The molecule has 0 aliphatic carbocycles. The van der Waals surface area contributed by atoms with E-state index < -0.39 is 0 Å². The summed E-state index contributed by atoms with van der Waals surface area (Å²) >= 11 is 1.48. The van der Waals surface area contributed by atoms with Crippen LogP contribution in [0.2, 0.25) is 0 Å². The quantitative estimate of drug-likeness (QED) is 0.486. The van der Waals surface area contributed by atoms with E-state index in [1.165, 1.54) is 23.9 Å². The Labute approximate surface area is 159 Å². The zero-order valence-corrected chi connectivity index (χ0v) is 16.0. The molecule has 0 spiro atoms. The molecule has 0 radical (unpaired) electrons. The molecule has 0 saturated heterocycles. The predicted molar refractivity (Wildman–Crippen MR) is 106 cm³/mol. The first kappa shape index (κ1) is 17.7. The third kappa shape index (κ3) is 3.23. The lowest BCUT2D eigenvalue weighted by Crippen LogP contribution is -2.23. The molecule has 0 atom stereocenters. The number of thioether (sulfide) groups is 1. The molecule has 0 unspecified atom stereocenters. The number of benzene rings is 2. The van der Waals surface area contributed by atoms with E-state index in [-0.39, 0.29) is 11.4 Å². The van der Waals surface area contributed by atoms with Crippen LogP contribution in [0.1, 0.15) is 24.5 Å². The molecule has 0 N–H and O–H groups in total. The van der Waals surface area contributed by atoms with Crippen molar-refractivity contribution < 1.29 is 4.39 Å². The molecule has 138 valence electrons. The first-order valence-electron chi connectivity index (χ1n) is 8.84. The number of rotatable bonds is 5. The Kier molecular flexibility index (Phi) is 4.70.